The monoisotopic (exact) mass is 616 g/mol. The number of benzene rings is 7. The molecular weight excluding hydrogens is 585 g/mol. The molecular formula is C44H32N2Si. The molecule has 0 N–H and O–H groups in total. The van der Waals surface area contributed by atoms with E-state index in [1.807, 2.05) is 0 Å². The fourth-order valence-electron chi connectivity index (χ4n) is 8.25. The van der Waals surface area contributed by atoms with Crippen LogP contribution in [0.2, 0.25) is 13.1 Å². The zero-order valence-electron chi connectivity index (χ0n) is 26.4. The molecule has 222 valence electrons. The molecule has 0 radical (unpaired) electrons. The van der Waals surface area contributed by atoms with Gasteiger partial charge in [0.2, 0.25) is 0 Å². The predicted octanol–water partition coefficient (Wildman–Crippen LogP) is 10.4. The summed E-state index contributed by atoms with van der Waals surface area (Å²) in [7, 11) is -1.80. The first-order chi connectivity index (χ1) is 23.1. The molecule has 0 unspecified atom stereocenters. The molecule has 3 heterocycles. The lowest BCUT2D eigenvalue weighted by Crippen LogP contribution is -2.49. The molecule has 2 nitrogen and oxygen atoms in total. The summed E-state index contributed by atoms with van der Waals surface area (Å²) in [6.07, 6.45) is 0. The standard InChI is InChI=1S/C44H32N2Si/c1-47(2)43-18-10-6-14-36(43)38-27-37-35-13-5-9-17-41(35)46(42(37)28-44(38)47)32-25-21-30(22-26-32)29-19-23-31(24-20-29)45-39-15-7-3-11-33(39)34-12-4-8-16-40(34)45/h3-28H,1-2H3. The van der Waals surface area contributed by atoms with Gasteiger partial charge in [-0.25, -0.2) is 0 Å². The highest BCUT2D eigenvalue weighted by Crippen LogP contribution is 2.38. The Hall–Kier alpha value is -5.64. The molecule has 0 saturated carbocycles. The van der Waals surface area contributed by atoms with Crippen molar-refractivity contribution >= 4 is 62.1 Å². The first kappa shape index (κ1) is 26.6. The van der Waals surface area contributed by atoms with Crippen molar-refractivity contribution in [2.45, 2.75) is 13.1 Å². The predicted molar refractivity (Wildman–Crippen MR) is 203 cm³/mol. The van der Waals surface area contributed by atoms with Gasteiger partial charge in [0.25, 0.3) is 0 Å². The number of nitrogens with zero attached hydrogens (tertiary/aromatic N) is 2. The van der Waals surface area contributed by atoms with E-state index in [0.29, 0.717) is 0 Å². The fourth-order valence-corrected chi connectivity index (χ4v) is 11.3. The van der Waals surface area contributed by atoms with E-state index in [9.17, 15) is 0 Å². The number of fused-ring (bicyclic) bond motifs is 9. The second kappa shape index (κ2) is 9.68. The van der Waals surface area contributed by atoms with Crippen LogP contribution in [0.25, 0.3) is 77.2 Å². The average molecular weight is 617 g/mol. The van der Waals surface area contributed by atoms with Gasteiger partial charge < -0.3 is 9.13 Å². The lowest BCUT2D eigenvalue weighted by Gasteiger charge is -2.19. The van der Waals surface area contributed by atoms with Crippen molar-refractivity contribution in [2.75, 3.05) is 0 Å². The van der Waals surface area contributed by atoms with E-state index in [0.717, 1.165) is 0 Å². The Morgan fingerprint density at radius 2 is 0.809 bits per heavy atom. The molecule has 1 aliphatic heterocycles. The van der Waals surface area contributed by atoms with E-state index < -0.39 is 8.07 Å². The summed E-state index contributed by atoms with van der Waals surface area (Å²) >= 11 is 0. The molecule has 0 bridgehead atoms. The van der Waals surface area contributed by atoms with Gasteiger partial charge >= 0.3 is 0 Å². The second-order valence-electron chi connectivity index (χ2n) is 13.4. The lowest BCUT2D eigenvalue weighted by molar-refractivity contribution is 1.18. The summed E-state index contributed by atoms with van der Waals surface area (Å²) in [5.41, 5.74) is 12.7. The van der Waals surface area contributed by atoms with Gasteiger partial charge in [-0.15, -0.1) is 0 Å². The van der Waals surface area contributed by atoms with Gasteiger partial charge in [-0.05, 0) is 87.2 Å². The molecule has 10 rings (SSSR count). The van der Waals surface area contributed by atoms with Crippen molar-refractivity contribution in [1.82, 2.24) is 9.13 Å². The minimum atomic E-state index is -1.80. The SMILES string of the molecule is C[Si]1(C)c2ccccc2-c2cc3c4ccccc4n(-c4ccc(-c5ccc(-n6c7ccccc7c7ccccc76)cc5)cc4)c3cc21. The third-order valence-corrected chi connectivity index (χ3v) is 14.1. The van der Waals surface area contributed by atoms with Crippen molar-refractivity contribution < 1.29 is 0 Å². The first-order valence-corrected chi connectivity index (χ1v) is 19.4. The number of hydrogen-bond donors (Lipinski definition) is 0. The van der Waals surface area contributed by atoms with Gasteiger partial charge in [0.05, 0.1) is 22.1 Å². The molecule has 0 amide bonds. The summed E-state index contributed by atoms with van der Waals surface area (Å²) in [6, 6.07) is 58.4. The molecule has 2 aromatic heterocycles. The normalized spacial score (nSPS) is 13.5. The minimum Gasteiger partial charge on any atom is -0.309 e. The van der Waals surface area contributed by atoms with Gasteiger partial charge in [-0.2, -0.15) is 0 Å². The smallest absolute Gasteiger partial charge is 0.113 e. The third kappa shape index (κ3) is 3.72. The van der Waals surface area contributed by atoms with Crippen LogP contribution in [0.5, 0.6) is 0 Å². The van der Waals surface area contributed by atoms with Crippen molar-refractivity contribution in [2.24, 2.45) is 0 Å². The summed E-state index contributed by atoms with van der Waals surface area (Å²) in [4.78, 5) is 0. The van der Waals surface area contributed by atoms with E-state index in [1.54, 1.807) is 5.19 Å². The Morgan fingerprint density at radius 1 is 0.362 bits per heavy atom. The molecule has 0 spiro atoms. The molecule has 9 aromatic rings. The Balaban J connectivity index is 1.07. The van der Waals surface area contributed by atoms with Crippen LogP contribution >= 0.6 is 0 Å². The van der Waals surface area contributed by atoms with Crippen LogP contribution in [-0.2, 0) is 0 Å². The van der Waals surface area contributed by atoms with E-state index in [4.69, 9.17) is 0 Å². The van der Waals surface area contributed by atoms with Crippen LogP contribution < -0.4 is 10.4 Å². The highest BCUT2D eigenvalue weighted by atomic mass is 28.3. The molecule has 7 aromatic carbocycles. The van der Waals surface area contributed by atoms with E-state index in [2.05, 4.69) is 180 Å². The average Bonchev–Trinajstić information content (AvgIpc) is 3.71. The highest BCUT2D eigenvalue weighted by molar-refractivity contribution is 7.04. The van der Waals surface area contributed by atoms with Crippen LogP contribution in [0.1, 0.15) is 0 Å². The van der Waals surface area contributed by atoms with Crippen molar-refractivity contribution in [3.63, 3.8) is 0 Å². The summed E-state index contributed by atoms with van der Waals surface area (Å²) in [5.74, 6) is 0. The molecule has 0 saturated heterocycles. The number of para-hydroxylation sites is 3. The Bertz CT molecular complexity index is 2640. The molecule has 0 aliphatic carbocycles. The highest BCUT2D eigenvalue weighted by Gasteiger charge is 2.38. The number of hydrogen-bond acceptors (Lipinski definition) is 0. The Kier molecular flexibility index (Phi) is 5.47. The largest absolute Gasteiger partial charge is 0.309 e. The van der Waals surface area contributed by atoms with Crippen LogP contribution in [0, 0.1) is 0 Å². The van der Waals surface area contributed by atoms with Crippen LogP contribution in [0.3, 0.4) is 0 Å². The Morgan fingerprint density at radius 3 is 1.36 bits per heavy atom. The maximum Gasteiger partial charge on any atom is 0.113 e. The maximum absolute atomic E-state index is 2.51. The second-order valence-corrected chi connectivity index (χ2v) is 17.7. The lowest BCUT2D eigenvalue weighted by atomic mass is 10.0. The zero-order chi connectivity index (χ0) is 31.3. The van der Waals surface area contributed by atoms with E-state index >= 15 is 0 Å². The topological polar surface area (TPSA) is 9.86 Å². The first-order valence-electron chi connectivity index (χ1n) is 16.4. The van der Waals surface area contributed by atoms with Crippen LogP contribution in [-0.4, -0.2) is 17.2 Å². The Labute approximate surface area is 274 Å². The van der Waals surface area contributed by atoms with E-state index in [-0.39, 0.29) is 0 Å². The van der Waals surface area contributed by atoms with Crippen molar-refractivity contribution in [1.29, 1.82) is 0 Å². The van der Waals surface area contributed by atoms with Gasteiger partial charge in [-0.3, -0.25) is 0 Å². The summed E-state index contributed by atoms with van der Waals surface area (Å²) in [6.45, 7) is 5.00. The van der Waals surface area contributed by atoms with Crippen molar-refractivity contribution in [3.8, 4) is 33.6 Å². The van der Waals surface area contributed by atoms with Crippen LogP contribution in [0.15, 0.2) is 158 Å². The molecule has 0 fully saturated rings. The molecule has 47 heavy (non-hydrogen) atoms. The quantitative estimate of drug-likeness (QED) is 0.175. The van der Waals surface area contributed by atoms with Gasteiger partial charge in [0.15, 0.2) is 0 Å². The van der Waals surface area contributed by atoms with Gasteiger partial charge in [0, 0.05) is 32.9 Å². The van der Waals surface area contributed by atoms with Gasteiger partial charge in [-0.1, -0.05) is 116 Å². The molecule has 0 atom stereocenters. The van der Waals surface area contributed by atoms with Gasteiger partial charge in [0.1, 0.15) is 8.07 Å². The molecule has 3 heteroatoms. The number of rotatable bonds is 3. The molecule has 1 aliphatic rings. The number of aromatic nitrogens is 2. The minimum absolute atomic E-state index is 1.18. The third-order valence-electron chi connectivity index (χ3n) is 10.5. The van der Waals surface area contributed by atoms with E-state index in [1.165, 1.54) is 82.4 Å². The summed E-state index contributed by atoms with van der Waals surface area (Å²) < 4.78 is 4.84. The maximum atomic E-state index is 2.51. The zero-order valence-corrected chi connectivity index (χ0v) is 27.4. The van der Waals surface area contributed by atoms with Crippen LogP contribution in [0.4, 0.5) is 0 Å². The van der Waals surface area contributed by atoms with Crippen molar-refractivity contribution in [3.05, 3.63) is 158 Å². The summed E-state index contributed by atoms with van der Waals surface area (Å²) in [5, 5.41) is 8.29. The fraction of sp³-hybridized carbons (Fsp3) is 0.0455.